The molecule has 108 valence electrons. The quantitative estimate of drug-likeness (QED) is 0.857. The summed E-state index contributed by atoms with van der Waals surface area (Å²) in [5, 5.41) is 3.31. The van der Waals surface area contributed by atoms with Crippen LogP contribution in [0, 0.1) is 5.92 Å². The molecular weight excluding hydrogens is 240 g/mol. The van der Waals surface area contributed by atoms with Crippen LogP contribution in [0.25, 0.3) is 0 Å². The van der Waals surface area contributed by atoms with Gasteiger partial charge in [0.15, 0.2) is 5.82 Å². The average Bonchev–Trinajstić information content (AvgIpc) is 2.22. The Balaban J connectivity index is 3.15. The molecule has 0 aliphatic carbocycles. The minimum Gasteiger partial charge on any atom is -0.476 e. The molecule has 0 amide bonds. The normalized spacial score (nSPS) is 11.7. The highest BCUT2D eigenvalue weighted by molar-refractivity contribution is 5.67. The van der Waals surface area contributed by atoms with Crippen LogP contribution < -0.4 is 15.8 Å². The maximum absolute atomic E-state index is 6.06. The summed E-state index contributed by atoms with van der Waals surface area (Å²) in [6.07, 6.45) is 0.805. The first-order valence-corrected chi connectivity index (χ1v) is 6.80. The number of nitrogens with zero attached hydrogens (tertiary/aromatic N) is 2. The molecular formula is C14H26N4O. The van der Waals surface area contributed by atoms with E-state index in [4.69, 9.17) is 10.5 Å². The summed E-state index contributed by atoms with van der Waals surface area (Å²) in [4.78, 5) is 8.91. The van der Waals surface area contributed by atoms with E-state index >= 15 is 0 Å². The van der Waals surface area contributed by atoms with E-state index in [1.807, 2.05) is 6.92 Å². The summed E-state index contributed by atoms with van der Waals surface area (Å²) in [5.41, 5.74) is 6.43. The summed E-state index contributed by atoms with van der Waals surface area (Å²) < 4.78 is 5.50. The van der Waals surface area contributed by atoms with Gasteiger partial charge in [-0.2, -0.15) is 4.98 Å². The first kappa shape index (κ1) is 15.5. The van der Waals surface area contributed by atoms with Gasteiger partial charge in [-0.15, -0.1) is 0 Å². The highest BCUT2D eigenvalue weighted by atomic mass is 16.5. The minimum absolute atomic E-state index is 0.110. The minimum atomic E-state index is -0.110. The number of nitrogens with one attached hydrogen (secondary N) is 1. The third-order valence-corrected chi connectivity index (χ3v) is 2.32. The predicted molar refractivity (Wildman–Crippen MR) is 79.5 cm³/mol. The zero-order valence-corrected chi connectivity index (χ0v) is 12.9. The van der Waals surface area contributed by atoms with Crippen LogP contribution in [0.15, 0.2) is 0 Å². The van der Waals surface area contributed by atoms with Crippen LogP contribution in [-0.2, 0) is 6.42 Å². The lowest BCUT2D eigenvalue weighted by atomic mass is 10.1. The van der Waals surface area contributed by atoms with Crippen LogP contribution in [0.4, 0.5) is 11.5 Å². The second-order valence-electron chi connectivity index (χ2n) is 6.11. The standard InChI is InChI=1S/C14H26N4O/c1-7-19-13-11(15)12(18-14(4,5)6)16-10(17-13)8-9(2)3/h9H,7-8,15H2,1-6H3,(H,16,17,18). The van der Waals surface area contributed by atoms with Gasteiger partial charge in [0.2, 0.25) is 5.88 Å². The average molecular weight is 266 g/mol. The molecule has 0 saturated carbocycles. The van der Waals surface area contributed by atoms with E-state index in [1.165, 1.54) is 0 Å². The Morgan fingerprint density at radius 2 is 1.89 bits per heavy atom. The smallest absolute Gasteiger partial charge is 0.242 e. The van der Waals surface area contributed by atoms with Gasteiger partial charge < -0.3 is 15.8 Å². The monoisotopic (exact) mass is 266 g/mol. The van der Waals surface area contributed by atoms with E-state index in [0.717, 1.165) is 12.2 Å². The molecule has 0 aliphatic heterocycles. The fourth-order valence-electron chi connectivity index (χ4n) is 1.65. The molecule has 1 rings (SSSR count). The van der Waals surface area contributed by atoms with E-state index in [-0.39, 0.29) is 5.54 Å². The fourth-order valence-corrected chi connectivity index (χ4v) is 1.65. The van der Waals surface area contributed by atoms with E-state index in [0.29, 0.717) is 29.9 Å². The lowest BCUT2D eigenvalue weighted by molar-refractivity contribution is 0.326. The molecule has 1 heterocycles. The Bertz CT molecular complexity index is 424. The van der Waals surface area contributed by atoms with E-state index in [9.17, 15) is 0 Å². The molecule has 1 aromatic heterocycles. The molecule has 0 saturated heterocycles. The van der Waals surface area contributed by atoms with Gasteiger partial charge in [0.1, 0.15) is 11.5 Å². The Morgan fingerprint density at radius 1 is 1.26 bits per heavy atom. The Morgan fingerprint density at radius 3 is 2.37 bits per heavy atom. The highest BCUT2D eigenvalue weighted by Crippen LogP contribution is 2.28. The lowest BCUT2D eigenvalue weighted by Gasteiger charge is -2.23. The van der Waals surface area contributed by atoms with Crippen molar-refractivity contribution in [1.29, 1.82) is 0 Å². The van der Waals surface area contributed by atoms with Crippen molar-refractivity contribution in [2.24, 2.45) is 5.92 Å². The summed E-state index contributed by atoms with van der Waals surface area (Å²) >= 11 is 0. The Labute approximate surface area is 116 Å². The number of anilines is 2. The van der Waals surface area contributed by atoms with Crippen LogP contribution in [0.5, 0.6) is 5.88 Å². The number of nitrogens with two attached hydrogens (primary N) is 1. The zero-order valence-electron chi connectivity index (χ0n) is 12.9. The van der Waals surface area contributed by atoms with Crippen molar-refractivity contribution in [3.8, 4) is 5.88 Å². The van der Waals surface area contributed by atoms with E-state index < -0.39 is 0 Å². The van der Waals surface area contributed by atoms with Crippen molar-refractivity contribution in [3.63, 3.8) is 0 Å². The fraction of sp³-hybridized carbons (Fsp3) is 0.714. The topological polar surface area (TPSA) is 73.1 Å². The molecule has 5 nitrogen and oxygen atoms in total. The first-order valence-electron chi connectivity index (χ1n) is 6.80. The van der Waals surface area contributed by atoms with Crippen molar-refractivity contribution in [2.45, 2.75) is 53.5 Å². The summed E-state index contributed by atoms with van der Waals surface area (Å²) in [5.74, 6) is 2.38. The van der Waals surface area contributed by atoms with Gasteiger partial charge in [0, 0.05) is 12.0 Å². The first-order chi connectivity index (χ1) is 8.73. The van der Waals surface area contributed by atoms with Gasteiger partial charge in [-0.3, -0.25) is 0 Å². The molecule has 3 N–H and O–H groups in total. The molecule has 19 heavy (non-hydrogen) atoms. The van der Waals surface area contributed by atoms with Crippen molar-refractivity contribution in [3.05, 3.63) is 5.82 Å². The third kappa shape index (κ3) is 4.93. The van der Waals surface area contributed by atoms with Gasteiger partial charge in [-0.05, 0) is 33.6 Å². The molecule has 0 fully saturated rings. The summed E-state index contributed by atoms with van der Waals surface area (Å²) in [6, 6.07) is 0. The molecule has 1 aromatic rings. The predicted octanol–water partition coefficient (Wildman–Crippen LogP) is 2.87. The maximum atomic E-state index is 6.06. The van der Waals surface area contributed by atoms with Gasteiger partial charge in [-0.25, -0.2) is 4.98 Å². The van der Waals surface area contributed by atoms with Crippen LogP contribution in [0.1, 0.15) is 47.4 Å². The number of ether oxygens (including phenoxy) is 1. The summed E-state index contributed by atoms with van der Waals surface area (Å²) in [7, 11) is 0. The number of nitrogen functional groups attached to an aromatic ring is 1. The number of rotatable bonds is 5. The van der Waals surface area contributed by atoms with Crippen molar-refractivity contribution < 1.29 is 4.74 Å². The second-order valence-corrected chi connectivity index (χ2v) is 6.11. The number of hydrogen-bond donors (Lipinski definition) is 2. The van der Waals surface area contributed by atoms with E-state index in [2.05, 4.69) is 49.9 Å². The third-order valence-electron chi connectivity index (χ3n) is 2.32. The molecule has 5 heteroatoms. The van der Waals surface area contributed by atoms with Gasteiger partial charge in [-0.1, -0.05) is 13.8 Å². The Kier molecular flexibility index (Phi) is 4.97. The van der Waals surface area contributed by atoms with Crippen LogP contribution in [0.2, 0.25) is 0 Å². The maximum Gasteiger partial charge on any atom is 0.242 e. The summed E-state index contributed by atoms with van der Waals surface area (Å²) in [6.45, 7) is 12.9. The molecule has 0 aromatic carbocycles. The van der Waals surface area contributed by atoms with Gasteiger partial charge in [0.25, 0.3) is 0 Å². The van der Waals surface area contributed by atoms with Crippen molar-refractivity contribution >= 4 is 11.5 Å². The molecule has 0 spiro atoms. The zero-order chi connectivity index (χ0) is 14.6. The lowest BCUT2D eigenvalue weighted by Crippen LogP contribution is -2.28. The molecule has 0 bridgehead atoms. The van der Waals surface area contributed by atoms with Crippen LogP contribution >= 0.6 is 0 Å². The van der Waals surface area contributed by atoms with Crippen molar-refractivity contribution in [1.82, 2.24) is 9.97 Å². The molecule has 0 atom stereocenters. The number of hydrogen-bond acceptors (Lipinski definition) is 5. The SMILES string of the molecule is CCOc1nc(CC(C)C)nc(NC(C)(C)C)c1N. The van der Waals surface area contributed by atoms with Crippen LogP contribution in [0.3, 0.4) is 0 Å². The van der Waals surface area contributed by atoms with Crippen LogP contribution in [-0.4, -0.2) is 22.1 Å². The van der Waals surface area contributed by atoms with Gasteiger partial charge in [0.05, 0.1) is 6.61 Å². The van der Waals surface area contributed by atoms with Gasteiger partial charge >= 0.3 is 0 Å². The number of aromatic nitrogens is 2. The molecule has 0 aliphatic rings. The van der Waals surface area contributed by atoms with Crippen molar-refractivity contribution in [2.75, 3.05) is 17.7 Å². The molecule has 0 radical (unpaired) electrons. The largest absolute Gasteiger partial charge is 0.476 e. The Hall–Kier alpha value is -1.52. The van der Waals surface area contributed by atoms with E-state index in [1.54, 1.807) is 0 Å². The molecule has 0 unspecified atom stereocenters. The second kappa shape index (κ2) is 6.08. The highest BCUT2D eigenvalue weighted by Gasteiger charge is 2.18.